The maximum absolute atomic E-state index is 11.8. The fraction of sp³-hybridized carbons (Fsp3) is 0.808. The van der Waals surface area contributed by atoms with Gasteiger partial charge in [-0.3, -0.25) is 14.4 Å². The van der Waals surface area contributed by atoms with E-state index in [0.29, 0.717) is 25.7 Å². The number of carbonyl (C=O) groups is 3. The fourth-order valence-electron chi connectivity index (χ4n) is 4.22. The smallest absolute Gasteiger partial charge is 0.321 e. The Bertz CT molecular complexity index is 521. The van der Waals surface area contributed by atoms with Crippen molar-refractivity contribution in [3.8, 4) is 0 Å². The lowest BCUT2D eigenvalue weighted by molar-refractivity contribution is -0.166. The Kier molecular flexibility index (Phi) is 18.2. The number of rotatable bonds is 24. The van der Waals surface area contributed by atoms with E-state index in [1.165, 1.54) is 0 Å². The van der Waals surface area contributed by atoms with Gasteiger partial charge in [-0.15, -0.1) is 0 Å². The first kappa shape index (κ1) is 30.9. The van der Waals surface area contributed by atoms with Crippen LogP contribution in [0, 0.1) is 5.41 Å². The van der Waals surface area contributed by atoms with E-state index < -0.39 is 23.3 Å². The number of allylic oxidation sites excluding steroid dienone is 1. The number of carboxylic acids is 3. The van der Waals surface area contributed by atoms with Crippen LogP contribution in [0.3, 0.4) is 0 Å². The summed E-state index contributed by atoms with van der Waals surface area (Å²) in [5, 5.41) is 37.0. The fourth-order valence-corrected chi connectivity index (χ4v) is 4.22. The Morgan fingerprint density at radius 1 is 0.485 bits per heavy atom. The zero-order valence-electron chi connectivity index (χ0n) is 20.4. The van der Waals surface area contributed by atoms with Gasteiger partial charge in [-0.1, -0.05) is 96.5 Å². The van der Waals surface area contributed by atoms with Crippen LogP contribution in [-0.4, -0.2) is 38.3 Å². The first-order chi connectivity index (χ1) is 15.7. The van der Waals surface area contributed by atoms with E-state index in [9.17, 15) is 24.6 Å². The van der Waals surface area contributed by atoms with Crippen molar-refractivity contribution in [2.75, 3.05) is 0 Å². The highest BCUT2D eigenvalue weighted by atomic mass is 16.4. The summed E-state index contributed by atoms with van der Waals surface area (Å²) < 4.78 is 0. The molecule has 7 nitrogen and oxygen atoms in total. The molecule has 0 saturated heterocycles. The van der Waals surface area contributed by atoms with Gasteiger partial charge in [0.2, 0.25) is 0 Å². The molecule has 4 N–H and O–H groups in total. The molecule has 0 fully saturated rings. The third kappa shape index (κ3) is 16.2. The van der Waals surface area contributed by atoms with E-state index in [-0.39, 0.29) is 25.0 Å². The van der Waals surface area contributed by atoms with Crippen LogP contribution >= 0.6 is 0 Å². The highest BCUT2D eigenvalue weighted by Crippen LogP contribution is 2.33. The zero-order chi connectivity index (χ0) is 25.0. The van der Waals surface area contributed by atoms with Crippen molar-refractivity contribution in [2.45, 2.75) is 128 Å². The number of hydrogen-bond donors (Lipinski definition) is 4. The summed E-state index contributed by atoms with van der Waals surface area (Å²) in [6, 6.07) is 0. The van der Waals surface area contributed by atoms with Crippen molar-refractivity contribution in [2.24, 2.45) is 5.41 Å². The van der Waals surface area contributed by atoms with Crippen LogP contribution in [0.1, 0.15) is 128 Å². The summed E-state index contributed by atoms with van der Waals surface area (Å²) in [5.41, 5.74) is -1.68. The first-order valence-corrected chi connectivity index (χ1v) is 12.8. The maximum Gasteiger partial charge on any atom is 0.321 e. The lowest BCUT2D eigenvalue weighted by Gasteiger charge is -2.25. The summed E-state index contributed by atoms with van der Waals surface area (Å²) in [6.07, 6.45) is 15.9. The molecule has 0 bridgehead atoms. The van der Waals surface area contributed by atoms with E-state index in [2.05, 4.69) is 6.58 Å². The summed E-state index contributed by atoms with van der Waals surface area (Å²) in [7, 11) is 0. The Labute approximate surface area is 199 Å². The highest BCUT2D eigenvalue weighted by Gasteiger charge is 2.45. The van der Waals surface area contributed by atoms with Gasteiger partial charge in [0.05, 0.1) is 5.76 Å². The van der Waals surface area contributed by atoms with Crippen molar-refractivity contribution in [3.63, 3.8) is 0 Å². The van der Waals surface area contributed by atoms with Gasteiger partial charge in [-0.05, 0) is 25.7 Å². The van der Waals surface area contributed by atoms with Gasteiger partial charge in [0.1, 0.15) is 0 Å². The molecule has 0 radical (unpaired) electrons. The van der Waals surface area contributed by atoms with Crippen LogP contribution in [0.2, 0.25) is 0 Å². The topological polar surface area (TPSA) is 132 Å². The molecule has 0 saturated carbocycles. The second-order valence-corrected chi connectivity index (χ2v) is 9.31. The van der Waals surface area contributed by atoms with Gasteiger partial charge in [0.25, 0.3) is 0 Å². The molecule has 33 heavy (non-hydrogen) atoms. The molecule has 192 valence electrons. The third-order valence-corrected chi connectivity index (χ3v) is 6.38. The molecule has 7 heteroatoms. The van der Waals surface area contributed by atoms with Gasteiger partial charge in [0.15, 0.2) is 5.41 Å². The number of aliphatic carboxylic acids is 3. The molecule has 0 aromatic heterocycles. The molecule has 0 aliphatic carbocycles. The molecular weight excluding hydrogens is 424 g/mol. The van der Waals surface area contributed by atoms with Crippen molar-refractivity contribution < 1.29 is 34.8 Å². The first-order valence-electron chi connectivity index (χ1n) is 12.8. The molecule has 0 spiro atoms. The molecule has 0 aliphatic rings. The maximum atomic E-state index is 11.8. The van der Waals surface area contributed by atoms with E-state index in [0.717, 1.165) is 83.5 Å². The van der Waals surface area contributed by atoms with Gasteiger partial charge in [0, 0.05) is 12.8 Å². The Hall–Kier alpha value is -2.05. The normalized spacial score (nSPS) is 11.4. The summed E-state index contributed by atoms with van der Waals surface area (Å²) in [6.45, 7) is 3.47. The molecule has 0 unspecified atom stereocenters. The second-order valence-electron chi connectivity index (χ2n) is 9.31. The minimum atomic E-state index is -1.68. The Morgan fingerprint density at radius 2 is 0.788 bits per heavy atom. The molecular formula is C26H46O7. The van der Waals surface area contributed by atoms with Crippen LogP contribution in [0.4, 0.5) is 0 Å². The molecule has 0 amide bonds. The predicted molar refractivity (Wildman–Crippen MR) is 129 cm³/mol. The summed E-state index contributed by atoms with van der Waals surface area (Å²) in [5.74, 6) is -2.97. The number of unbranched alkanes of at least 4 members (excludes halogenated alkanes) is 14. The lowest BCUT2D eigenvalue weighted by atomic mass is 9.78. The van der Waals surface area contributed by atoms with Crippen LogP contribution in [-0.2, 0) is 14.4 Å². The molecule has 0 aliphatic heterocycles. The highest BCUT2D eigenvalue weighted by molar-refractivity contribution is 5.98. The quantitative estimate of drug-likeness (QED) is 0.0671. The number of hydrogen-bond acceptors (Lipinski definition) is 4. The lowest BCUT2D eigenvalue weighted by Crippen LogP contribution is -2.39. The monoisotopic (exact) mass is 470 g/mol. The van der Waals surface area contributed by atoms with E-state index >= 15 is 0 Å². The molecule has 0 aromatic carbocycles. The number of aliphatic hydroxyl groups excluding tert-OH is 1. The van der Waals surface area contributed by atoms with Crippen LogP contribution in [0.25, 0.3) is 0 Å². The predicted octanol–water partition coefficient (Wildman–Crippen LogP) is 7.10. The summed E-state index contributed by atoms with van der Waals surface area (Å²) in [4.78, 5) is 34.2. The minimum absolute atomic E-state index is 0.173. The number of carboxylic acid groups (broad SMARTS) is 3. The third-order valence-electron chi connectivity index (χ3n) is 6.38. The van der Waals surface area contributed by atoms with Gasteiger partial charge in [-0.2, -0.15) is 0 Å². The SMILES string of the molecule is C=C(O)CCCCCCCCCCC(CCCCCCCCCCC(=O)O)(C(=O)O)C(=O)O. The van der Waals surface area contributed by atoms with Crippen molar-refractivity contribution in [1.82, 2.24) is 0 Å². The zero-order valence-corrected chi connectivity index (χ0v) is 20.4. The molecule has 0 rings (SSSR count). The van der Waals surface area contributed by atoms with Crippen molar-refractivity contribution >= 4 is 17.9 Å². The Balaban J connectivity index is 4.02. The molecule has 0 aromatic rings. The van der Waals surface area contributed by atoms with Gasteiger partial charge < -0.3 is 20.4 Å². The van der Waals surface area contributed by atoms with Gasteiger partial charge in [-0.25, -0.2) is 0 Å². The largest absolute Gasteiger partial charge is 0.513 e. The van der Waals surface area contributed by atoms with E-state index in [4.69, 9.17) is 10.2 Å². The van der Waals surface area contributed by atoms with E-state index in [1.54, 1.807) is 0 Å². The van der Waals surface area contributed by atoms with Crippen molar-refractivity contribution in [3.05, 3.63) is 12.3 Å². The Morgan fingerprint density at radius 3 is 1.09 bits per heavy atom. The summed E-state index contributed by atoms with van der Waals surface area (Å²) >= 11 is 0. The van der Waals surface area contributed by atoms with Crippen LogP contribution < -0.4 is 0 Å². The minimum Gasteiger partial charge on any atom is -0.513 e. The van der Waals surface area contributed by atoms with Crippen LogP contribution in [0.15, 0.2) is 12.3 Å². The van der Waals surface area contributed by atoms with E-state index in [1.807, 2.05) is 0 Å². The standard InChI is InChI=1S/C26H46O7/c1-22(27)18-14-10-6-2-4-8-12-16-20-26(24(30)31,25(32)33)21-17-13-9-5-3-7-11-15-19-23(28)29/h27H,1-21H2,(H,28,29)(H,30,31)(H,32,33). The molecule has 0 heterocycles. The molecule has 0 atom stereocenters. The second kappa shape index (κ2) is 19.4. The average molecular weight is 471 g/mol. The van der Waals surface area contributed by atoms with Crippen LogP contribution in [0.5, 0.6) is 0 Å². The average Bonchev–Trinajstić information content (AvgIpc) is 2.73. The van der Waals surface area contributed by atoms with Crippen molar-refractivity contribution in [1.29, 1.82) is 0 Å². The van der Waals surface area contributed by atoms with Gasteiger partial charge >= 0.3 is 17.9 Å². The number of aliphatic hydroxyl groups is 1.